The molecular formula is C25H23N3O3. The highest BCUT2D eigenvalue weighted by molar-refractivity contribution is 6.05. The monoisotopic (exact) mass is 413 g/mol. The summed E-state index contributed by atoms with van der Waals surface area (Å²) in [6.45, 7) is 0.373. The van der Waals surface area contributed by atoms with Gasteiger partial charge < -0.3 is 10.1 Å². The number of benzene rings is 3. The Hall–Kier alpha value is -4.06. The van der Waals surface area contributed by atoms with Crippen LogP contribution in [0.4, 0.5) is 10.6 Å². The van der Waals surface area contributed by atoms with Crippen molar-refractivity contribution in [3.63, 3.8) is 0 Å². The van der Waals surface area contributed by atoms with Gasteiger partial charge in [0.1, 0.15) is 11.6 Å². The second kappa shape index (κ2) is 8.75. The number of carbonyl (C=O) groups excluding carboxylic acids is 1. The molecule has 6 nitrogen and oxygen atoms in total. The van der Waals surface area contributed by atoms with Gasteiger partial charge in [-0.15, -0.1) is 0 Å². The van der Waals surface area contributed by atoms with Crippen LogP contribution in [0.25, 0.3) is 21.9 Å². The number of fused-ring (bicyclic) bond motifs is 1. The highest BCUT2D eigenvalue weighted by atomic mass is 16.5. The molecule has 0 fully saturated rings. The number of anilines is 1. The van der Waals surface area contributed by atoms with E-state index in [0.717, 1.165) is 22.1 Å². The van der Waals surface area contributed by atoms with Crippen LogP contribution in [0.2, 0.25) is 0 Å². The first-order valence-corrected chi connectivity index (χ1v) is 9.94. The smallest absolute Gasteiger partial charge is 0.320 e. The van der Waals surface area contributed by atoms with Gasteiger partial charge in [-0.2, -0.15) is 0 Å². The molecule has 156 valence electrons. The number of rotatable bonds is 5. The van der Waals surface area contributed by atoms with Gasteiger partial charge in [-0.1, -0.05) is 66.7 Å². The van der Waals surface area contributed by atoms with E-state index < -0.39 is 6.03 Å². The lowest BCUT2D eigenvalue weighted by Gasteiger charge is -2.20. The Balaban J connectivity index is 1.81. The molecule has 0 aliphatic carbocycles. The number of urea groups is 1. The molecule has 0 bridgehead atoms. The van der Waals surface area contributed by atoms with Crippen molar-refractivity contribution in [3.05, 3.63) is 94.8 Å². The quantitative estimate of drug-likeness (QED) is 0.505. The Morgan fingerprint density at radius 2 is 1.55 bits per heavy atom. The highest BCUT2D eigenvalue weighted by Gasteiger charge is 2.20. The number of nitrogens with one attached hydrogen (secondary N) is 2. The van der Waals surface area contributed by atoms with Gasteiger partial charge in [0.2, 0.25) is 0 Å². The van der Waals surface area contributed by atoms with E-state index in [-0.39, 0.29) is 5.56 Å². The molecule has 1 heterocycles. The Bertz CT molecular complexity index is 1300. The molecule has 0 atom stereocenters. The Labute approximate surface area is 180 Å². The molecule has 0 unspecified atom stereocenters. The number of methoxy groups -OCH3 is 1. The number of ether oxygens (including phenoxy) is 1. The lowest BCUT2D eigenvalue weighted by atomic mass is 9.98. The SMILES string of the molecule is COc1ccccc1-c1c(NC(=O)NCc2ccccc2)n(C)c(=O)c2ccccc12. The zero-order chi connectivity index (χ0) is 21.8. The first kappa shape index (κ1) is 20.2. The third kappa shape index (κ3) is 4.00. The van der Waals surface area contributed by atoms with E-state index >= 15 is 0 Å². The lowest BCUT2D eigenvalue weighted by molar-refractivity contribution is 0.251. The molecule has 0 saturated carbocycles. The van der Waals surface area contributed by atoms with E-state index in [2.05, 4.69) is 10.6 Å². The number of hydrogen-bond acceptors (Lipinski definition) is 3. The summed E-state index contributed by atoms with van der Waals surface area (Å²) in [6, 6.07) is 24.2. The Morgan fingerprint density at radius 3 is 2.29 bits per heavy atom. The van der Waals surface area contributed by atoms with E-state index in [1.807, 2.05) is 72.8 Å². The van der Waals surface area contributed by atoms with Crippen LogP contribution >= 0.6 is 0 Å². The molecule has 1 aromatic heterocycles. The van der Waals surface area contributed by atoms with Crippen molar-refractivity contribution in [2.45, 2.75) is 6.54 Å². The van der Waals surface area contributed by atoms with Crippen molar-refractivity contribution in [1.82, 2.24) is 9.88 Å². The van der Waals surface area contributed by atoms with E-state index in [0.29, 0.717) is 23.5 Å². The predicted molar refractivity (Wildman–Crippen MR) is 123 cm³/mol. The molecule has 2 N–H and O–H groups in total. The zero-order valence-electron chi connectivity index (χ0n) is 17.4. The minimum absolute atomic E-state index is 0.187. The zero-order valence-corrected chi connectivity index (χ0v) is 17.4. The van der Waals surface area contributed by atoms with Crippen LogP contribution in [-0.2, 0) is 13.6 Å². The van der Waals surface area contributed by atoms with Gasteiger partial charge in [-0.3, -0.25) is 14.7 Å². The topological polar surface area (TPSA) is 72.4 Å². The lowest BCUT2D eigenvalue weighted by Crippen LogP contribution is -2.32. The van der Waals surface area contributed by atoms with Gasteiger partial charge in [-0.25, -0.2) is 4.79 Å². The summed E-state index contributed by atoms with van der Waals surface area (Å²) in [5, 5.41) is 7.06. The summed E-state index contributed by atoms with van der Waals surface area (Å²) < 4.78 is 7.03. The second-order valence-electron chi connectivity index (χ2n) is 7.13. The van der Waals surface area contributed by atoms with E-state index in [1.165, 1.54) is 4.57 Å². The average molecular weight is 413 g/mol. The molecule has 6 heteroatoms. The van der Waals surface area contributed by atoms with E-state index in [4.69, 9.17) is 4.74 Å². The Morgan fingerprint density at radius 1 is 0.903 bits per heavy atom. The number of nitrogens with zero attached hydrogens (tertiary/aromatic N) is 1. The maximum absolute atomic E-state index is 13.0. The summed E-state index contributed by atoms with van der Waals surface area (Å²) in [6.07, 6.45) is 0. The van der Waals surface area contributed by atoms with Gasteiger partial charge in [-0.05, 0) is 23.1 Å². The fourth-order valence-electron chi connectivity index (χ4n) is 3.67. The van der Waals surface area contributed by atoms with Gasteiger partial charge in [0.05, 0.1) is 7.11 Å². The molecule has 0 aliphatic heterocycles. The summed E-state index contributed by atoms with van der Waals surface area (Å²) in [4.78, 5) is 25.8. The molecule has 0 aliphatic rings. The minimum atomic E-state index is -0.398. The first-order valence-electron chi connectivity index (χ1n) is 9.94. The van der Waals surface area contributed by atoms with Crippen LogP contribution in [0.5, 0.6) is 5.75 Å². The summed E-state index contributed by atoms with van der Waals surface area (Å²) in [7, 11) is 3.25. The number of pyridine rings is 1. The van der Waals surface area contributed by atoms with Crippen molar-refractivity contribution < 1.29 is 9.53 Å². The fourth-order valence-corrected chi connectivity index (χ4v) is 3.67. The van der Waals surface area contributed by atoms with Crippen molar-refractivity contribution >= 4 is 22.6 Å². The number of hydrogen-bond donors (Lipinski definition) is 2. The van der Waals surface area contributed by atoms with Gasteiger partial charge in [0.15, 0.2) is 0 Å². The number of aromatic nitrogens is 1. The number of para-hydroxylation sites is 1. The normalized spacial score (nSPS) is 10.6. The molecule has 4 aromatic rings. The van der Waals surface area contributed by atoms with E-state index in [1.54, 1.807) is 20.2 Å². The molecule has 4 rings (SSSR count). The Kier molecular flexibility index (Phi) is 5.71. The summed E-state index contributed by atoms with van der Waals surface area (Å²) in [5.74, 6) is 1.05. The fraction of sp³-hybridized carbons (Fsp3) is 0.120. The van der Waals surface area contributed by atoms with Crippen LogP contribution in [0, 0.1) is 0 Å². The summed E-state index contributed by atoms with van der Waals surface area (Å²) >= 11 is 0. The first-order chi connectivity index (χ1) is 15.1. The van der Waals surface area contributed by atoms with Crippen LogP contribution in [0.3, 0.4) is 0 Å². The molecule has 3 aromatic carbocycles. The maximum atomic E-state index is 13.0. The van der Waals surface area contributed by atoms with Crippen molar-refractivity contribution in [3.8, 4) is 16.9 Å². The molecule has 2 amide bonds. The number of amides is 2. The second-order valence-corrected chi connectivity index (χ2v) is 7.13. The molecular weight excluding hydrogens is 390 g/mol. The third-order valence-corrected chi connectivity index (χ3v) is 5.21. The van der Waals surface area contributed by atoms with Crippen LogP contribution < -0.4 is 20.9 Å². The van der Waals surface area contributed by atoms with Gasteiger partial charge in [0.25, 0.3) is 5.56 Å². The standard InChI is InChI=1S/C25H23N3O3/c1-28-23(27-25(30)26-16-17-10-4-3-5-11-17)22(20-14-8-9-15-21(20)31-2)18-12-6-7-13-19(18)24(28)29/h3-15H,16H2,1-2H3,(H2,26,27,30). The van der Waals surface area contributed by atoms with Gasteiger partial charge in [0, 0.05) is 30.1 Å². The van der Waals surface area contributed by atoms with Crippen molar-refractivity contribution in [2.75, 3.05) is 12.4 Å². The maximum Gasteiger partial charge on any atom is 0.320 e. The largest absolute Gasteiger partial charge is 0.496 e. The predicted octanol–water partition coefficient (Wildman–Crippen LogP) is 4.54. The van der Waals surface area contributed by atoms with Crippen LogP contribution in [0.15, 0.2) is 83.7 Å². The molecule has 0 radical (unpaired) electrons. The van der Waals surface area contributed by atoms with Gasteiger partial charge >= 0.3 is 6.03 Å². The number of carbonyl (C=O) groups is 1. The minimum Gasteiger partial charge on any atom is -0.496 e. The average Bonchev–Trinajstić information content (AvgIpc) is 2.82. The van der Waals surface area contributed by atoms with Crippen LogP contribution in [-0.4, -0.2) is 17.7 Å². The third-order valence-electron chi connectivity index (χ3n) is 5.21. The molecule has 0 spiro atoms. The summed E-state index contributed by atoms with van der Waals surface area (Å²) in [5.41, 5.74) is 2.31. The molecule has 31 heavy (non-hydrogen) atoms. The van der Waals surface area contributed by atoms with E-state index in [9.17, 15) is 9.59 Å². The van der Waals surface area contributed by atoms with Crippen molar-refractivity contribution in [2.24, 2.45) is 7.05 Å². The highest BCUT2D eigenvalue weighted by Crippen LogP contribution is 2.38. The van der Waals surface area contributed by atoms with Crippen molar-refractivity contribution in [1.29, 1.82) is 0 Å². The van der Waals surface area contributed by atoms with Crippen LogP contribution in [0.1, 0.15) is 5.56 Å². The molecule has 0 saturated heterocycles.